The average Bonchev–Trinajstić information content (AvgIpc) is 2.49. The first-order chi connectivity index (χ1) is 12.0. The second-order valence-electron chi connectivity index (χ2n) is 5.97. The maximum absolute atomic E-state index is 12.7. The van der Waals surface area contributed by atoms with Gasteiger partial charge in [0.1, 0.15) is 4.90 Å². The van der Waals surface area contributed by atoms with Gasteiger partial charge >= 0.3 is 0 Å². The first-order valence-electron chi connectivity index (χ1n) is 7.49. The summed E-state index contributed by atoms with van der Waals surface area (Å²) in [6, 6.07) is 8.55. The minimum atomic E-state index is -3.90. The Kier molecular flexibility index (Phi) is 5.33. The Balaban J connectivity index is 1.83. The fraction of sp³-hybridized carbons (Fsp3) is 0.250. The van der Waals surface area contributed by atoms with E-state index in [1.165, 1.54) is 36.4 Å². The molecule has 140 valence electrons. The Morgan fingerprint density at radius 3 is 2.08 bits per heavy atom. The van der Waals surface area contributed by atoms with Crippen molar-refractivity contribution in [2.75, 3.05) is 13.1 Å². The van der Waals surface area contributed by atoms with Gasteiger partial charge in [-0.2, -0.15) is 4.31 Å². The lowest BCUT2D eigenvalue weighted by Crippen LogP contribution is -2.56. The normalized spacial score (nSPS) is 16.5. The summed E-state index contributed by atoms with van der Waals surface area (Å²) in [6.45, 7) is 1.40. The third-order valence-corrected chi connectivity index (χ3v) is 9.29. The van der Waals surface area contributed by atoms with Crippen molar-refractivity contribution in [2.24, 2.45) is 0 Å². The number of hydrogen-bond donors (Lipinski definition) is 0. The Hall–Kier alpha value is -0.830. The summed E-state index contributed by atoms with van der Waals surface area (Å²) in [5.41, 5.74) is 0.570. The fourth-order valence-electron chi connectivity index (χ4n) is 2.58. The van der Waals surface area contributed by atoms with Crippen LogP contribution in [0.2, 0.25) is 15.1 Å². The maximum atomic E-state index is 12.7. The molecule has 1 saturated heterocycles. The molecular formula is C16H14Cl3NO4S2. The molecule has 0 saturated carbocycles. The lowest BCUT2D eigenvalue weighted by Gasteiger charge is -2.37. The van der Waals surface area contributed by atoms with E-state index in [4.69, 9.17) is 34.8 Å². The second-order valence-corrected chi connectivity index (χ2v) is 11.4. The van der Waals surface area contributed by atoms with E-state index in [0.29, 0.717) is 15.6 Å². The number of benzene rings is 2. The van der Waals surface area contributed by atoms with Crippen molar-refractivity contribution in [3.8, 4) is 0 Å². The number of aryl methyl sites for hydroxylation is 1. The molecule has 1 fully saturated rings. The van der Waals surface area contributed by atoms with Gasteiger partial charge in [0.05, 0.1) is 15.2 Å². The molecule has 10 heteroatoms. The molecule has 0 radical (unpaired) electrons. The largest absolute Gasteiger partial charge is 0.244 e. The highest BCUT2D eigenvalue weighted by Crippen LogP contribution is 2.34. The van der Waals surface area contributed by atoms with Crippen molar-refractivity contribution in [3.05, 3.63) is 57.0 Å². The van der Waals surface area contributed by atoms with Gasteiger partial charge in [-0.25, -0.2) is 16.8 Å². The molecule has 1 aliphatic rings. The van der Waals surface area contributed by atoms with E-state index in [0.717, 1.165) is 4.31 Å². The number of nitrogens with zero attached hydrogens (tertiary/aromatic N) is 1. The summed E-state index contributed by atoms with van der Waals surface area (Å²) < 4.78 is 51.8. The molecule has 0 bridgehead atoms. The molecule has 1 heterocycles. The van der Waals surface area contributed by atoms with Crippen LogP contribution in [-0.2, 0) is 19.9 Å². The fourth-order valence-corrected chi connectivity index (χ4v) is 6.88. The summed E-state index contributed by atoms with van der Waals surface area (Å²) in [5, 5.41) is -0.0227. The minimum absolute atomic E-state index is 0.00427. The van der Waals surface area contributed by atoms with Crippen LogP contribution in [0, 0.1) is 6.92 Å². The minimum Gasteiger partial charge on any atom is -0.223 e. The molecule has 26 heavy (non-hydrogen) atoms. The van der Waals surface area contributed by atoms with Crippen LogP contribution in [0.3, 0.4) is 0 Å². The van der Waals surface area contributed by atoms with Gasteiger partial charge in [-0.1, -0.05) is 34.8 Å². The predicted molar refractivity (Wildman–Crippen MR) is 102 cm³/mol. The Labute approximate surface area is 167 Å². The van der Waals surface area contributed by atoms with Gasteiger partial charge in [-0.05, 0) is 48.9 Å². The zero-order valence-electron chi connectivity index (χ0n) is 13.5. The molecule has 3 rings (SSSR count). The number of sulfonamides is 1. The highest BCUT2D eigenvalue weighted by Gasteiger charge is 2.44. The van der Waals surface area contributed by atoms with Crippen molar-refractivity contribution in [3.63, 3.8) is 0 Å². The molecule has 0 aliphatic carbocycles. The van der Waals surface area contributed by atoms with Crippen LogP contribution in [0.15, 0.2) is 46.2 Å². The molecular weight excluding hydrogens is 441 g/mol. The van der Waals surface area contributed by atoms with E-state index in [-0.39, 0.29) is 27.9 Å². The third-order valence-electron chi connectivity index (χ3n) is 4.23. The number of hydrogen-bond acceptors (Lipinski definition) is 4. The van der Waals surface area contributed by atoms with Gasteiger partial charge in [0.15, 0.2) is 9.84 Å². The monoisotopic (exact) mass is 453 g/mol. The average molecular weight is 455 g/mol. The number of halogens is 3. The smallest absolute Gasteiger partial charge is 0.223 e. The van der Waals surface area contributed by atoms with Crippen LogP contribution in [-0.4, -0.2) is 39.5 Å². The van der Waals surface area contributed by atoms with Gasteiger partial charge in [0.2, 0.25) is 10.0 Å². The summed E-state index contributed by atoms with van der Waals surface area (Å²) in [7, 11) is -7.54. The van der Waals surface area contributed by atoms with E-state index in [1.807, 2.05) is 0 Å². The lowest BCUT2D eigenvalue weighted by atomic mass is 10.2. The topological polar surface area (TPSA) is 71.5 Å². The van der Waals surface area contributed by atoms with Crippen molar-refractivity contribution in [2.45, 2.75) is 22.0 Å². The zero-order chi connectivity index (χ0) is 19.3. The van der Waals surface area contributed by atoms with Crippen LogP contribution < -0.4 is 0 Å². The molecule has 1 aliphatic heterocycles. The standard InChI is InChI=1S/C16H14Cl3NO4S2/c1-10-6-16(15(19)7-14(10)18)26(23,24)20-8-13(9-20)25(21,22)12-4-2-11(17)3-5-12/h2-7,13H,8-9H2,1H3. The summed E-state index contributed by atoms with van der Waals surface area (Å²) in [6.07, 6.45) is 0. The van der Waals surface area contributed by atoms with E-state index in [9.17, 15) is 16.8 Å². The first kappa shape index (κ1) is 19.9. The van der Waals surface area contributed by atoms with E-state index < -0.39 is 25.1 Å². The molecule has 0 atom stereocenters. The molecule has 0 unspecified atom stereocenters. The van der Waals surface area contributed by atoms with Crippen LogP contribution in [0.25, 0.3) is 0 Å². The third kappa shape index (κ3) is 3.48. The Morgan fingerprint density at radius 1 is 0.923 bits per heavy atom. The van der Waals surface area contributed by atoms with Gasteiger partial charge in [0, 0.05) is 23.1 Å². The summed E-state index contributed by atoms with van der Waals surface area (Å²) in [5.74, 6) is 0. The van der Waals surface area contributed by atoms with Crippen LogP contribution in [0.4, 0.5) is 0 Å². The van der Waals surface area contributed by atoms with E-state index in [1.54, 1.807) is 6.92 Å². The lowest BCUT2D eigenvalue weighted by molar-refractivity contribution is 0.309. The maximum Gasteiger partial charge on any atom is 0.244 e. The molecule has 2 aromatic carbocycles. The molecule has 0 amide bonds. The van der Waals surface area contributed by atoms with Crippen molar-refractivity contribution < 1.29 is 16.8 Å². The Bertz CT molecular complexity index is 1060. The summed E-state index contributed by atoms with van der Waals surface area (Å²) in [4.78, 5) is 0.0349. The highest BCUT2D eigenvalue weighted by atomic mass is 35.5. The van der Waals surface area contributed by atoms with Gasteiger partial charge in [-0.3, -0.25) is 0 Å². The quantitative estimate of drug-likeness (QED) is 0.704. The molecule has 5 nitrogen and oxygen atoms in total. The number of rotatable bonds is 4. The predicted octanol–water partition coefficient (Wildman–Crippen LogP) is 3.80. The zero-order valence-corrected chi connectivity index (χ0v) is 17.4. The van der Waals surface area contributed by atoms with E-state index in [2.05, 4.69) is 0 Å². The van der Waals surface area contributed by atoms with Crippen LogP contribution >= 0.6 is 34.8 Å². The van der Waals surface area contributed by atoms with Crippen LogP contribution in [0.1, 0.15) is 5.56 Å². The molecule has 0 N–H and O–H groups in total. The molecule has 0 spiro atoms. The summed E-state index contributed by atoms with van der Waals surface area (Å²) >= 11 is 17.7. The van der Waals surface area contributed by atoms with Crippen molar-refractivity contribution >= 4 is 54.7 Å². The van der Waals surface area contributed by atoms with Gasteiger partial charge < -0.3 is 0 Å². The molecule has 0 aromatic heterocycles. The number of sulfone groups is 1. The van der Waals surface area contributed by atoms with Crippen molar-refractivity contribution in [1.29, 1.82) is 0 Å². The van der Waals surface area contributed by atoms with Crippen molar-refractivity contribution in [1.82, 2.24) is 4.31 Å². The van der Waals surface area contributed by atoms with E-state index >= 15 is 0 Å². The van der Waals surface area contributed by atoms with Crippen LogP contribution in [0.5, 0.6) is 0 Å². The molecule has 2 aromatic rings. The SMILES string of the molecule is Cc1cc(S(=O)(=O)N2CC(S(=O)(=O)c3ccc(Cl)cc3)C2)c(Cl)cc1Cl. The Morgan fingerprint density at radius 2 is 1.50 bits per heavy atom. The second kappa shape index (κ2) is 6.96. The van der Waals surface area contributed by atoms with Gasteiger partial charge in [0.25, 0.3) is 0 Å². The van der Waals surface area contributed by atoms with Gasteiger partial charge in [-0.15, -0.1) is 0 Å². The first-order valence-corrected chi connectivity index (χ1v) is 11.6. The highest BCUT2D eigenvalue weighted by molar-refractivity contribution is 7.92.